The van der Waals surface area contributed by atoms with Gasteiger partial charge in [0.2, 0.25) is 0 Å². The zero-order chi connectivity index (χ0) is 12.0. The van der Waals surface area contributed by atoms with E-state index in [1.807, 2.05) is 6.07 Å². The topological polar surface area (TPSA) is 42.1 Å². The van der Waals surface area contributed by atoms with Gasteiger partial charge in [-0.25, -0.2) is 4.98 Å². The molecule has 0 aromatic carbocycles. The van der Waals surface area contributed by atoms with E-state index in [1.54, 1.807) is 6.20 Å². The minimum atomic E-state index is 0.505. The van der Waals surface area contributed by atoms with Crippen LogP contribution in [0.4, 0.5) is 11.5 Å². The average molecular weight is 227 g/mol. The van der Waals surface area contributed by atoms with Crippen LogP contribution in [-0.4, -0.2) is 11.0 Å². The maximum absolute atomic E-state index is 5.79. The van der Waals surface area contributed by atoms with E-state index >= 15 is 0 Å². The Bertz CT molecular complexity index is 496. The number of hydrogen-bond acceptors (Lipinski definition) is 3. The standard InChI is InChI=1S/C14H17N3/c1-9-5-13(6-9)17-10(2)3-4-11-7-12(15)8-16-14(11)17/h7-8,13H,1-6,15H2. The largest absolute Gasteiger partial charge is 0.397 e. The summed E-state index contributed by atoms with van der Waals surface area (Å²) in [5.41, 5.74) is 10.3. The highest BCUT2D eigenvalue weighted by Crippen LogP contribution is 2.39. The first kappa shape index (κ1) is 10.4. The Morgan fingerprint density at radius 1 is 1.29 bits per heavy atom. The number of pyridine rings is 1. The summed E-state index contributed by atoms with van der Waals surface area (Å²) in [6.07, 6.45) is 5.85. The zero-order valence-electron chi connectivity index (χ0n) is 9.95. The average Bonchev–Trinajstić information content (AvgIpc) is 2.26. The quantitative estimate of drug-likeness (QED) is 0.750. The number of aryl methyl sites for hydroxylation is 1. The lowest BCUT2D eigenvalue weighted by Gasteiger charge is -2.43. The van der Waals surface area contributed by atoms with Crippen molar-refractivity contribution in [3.05, 3.63) is 42.3 Å². The lowest BCUT2D eigenvalue weighted by Crippen LogP contribution is -2.43. The fourth-order valence-corrected chi connectivity index (χ4v) is 2.69. The monoisotopic (exact) mass is 227 g/mol. The lowest BCUT2D eigenvalue weighted by atomic mass is 9.84. The molecule has 17 heavy (non-hydrogen) atoms. The molecule has 0 amide bonds. The summed E-state index contributed by atoms with van der Waals surface area (Å²) in [5.74, 6) is 1.05. The Kier molecular flexibility index (Phi) is 2.21. The Hall–Kier alpha value is -1.77. The first-order chi connectivity index (χ1) is 8.15. The van der Waals surface area contributed by atoms with Crippen molar-refractivity contribution < 1.29 is 0 Å². The van der Waals surface area contributed by atoms with Crippen LogP contribution in [0.15, 0.2) is 36.7 Å². The van der Waals surface area contributed by atoms with E-state index < -0.39 is 0 Å². The van der Waals surface area contributed by atoms with E-state index in [0.29, 0.717) is 6.04 Å². The predicted molar refractivity (Wildman–Crippen MR) is 70.8 cm³/mol. The van der Waals surface area contributed by atoms with Crippen LogP contribution >= 0.6 is 0 Å². The summed E-state index contributed by atoms with van der Waals surface area (Å²) < 4.78 is 0. The molecule has 0 spiro atoms. The molecule has 1 aromatic heterocycles. The van der Waals surface area contributed by atoms with Crippen LogP contribution in [0.3, 0.4) is 0 Å². The highest BCUT2D eigenvalue weighted by Gasteiger charge is 2.33. The van der Waals surface area contributed by atoms with Crippen LogP contribution in [0.2, 0.25) is 0 Å². The van der Waals surface area contributed by atoms with Gasteiger partial charge in [-0.05, 0) is 37.3 Å². The molecule has 0 unspecified atom stereocenters. The Labute approximate surface area is 102 Å². The number of nitrogens with two attached hydrogens (primary N) is 1. The summed E-state index contributed by atoms with van der Waals surface area (Å²) in [6.45, 7) is 8.17. The maximum Gasteiger partial charge on any atom is 0.136 e. The van der Waals surface area contributed by atoms with Crippen LogP contribution in [0.1, 0.15) is 24.8 Å². The second kappa shape index (κ2) is 3.62. The highest BCUT2D eigenvalue weighted by atomic mass is 15.2. The van der Waals surface area contributed by atoms with Crippen LogP contribution in [0, 0.1) is 0 Å². The van der Waals surface area contributed by atoms with E-state index in [-0.39, 0.29) is 0 Å². The number of nitrogens with zero attached hydrogens (tertiary/aromatic N) is 2. The summed E-state index contributed by atoms with van der Waals surface area (Å²) in [4.78, 5) is 6.77. The van der Waals surface area contributed by atoms with Gasteiger partial charge >= 0.3 is 0 Å². The second-order valence-electron chi connectivity index (χ2n) is 5.00. The lowest BCUT2D eigenvalue weighted by molar-refractivity contribution is 0.501. The molecule has 1 aliphatic heterocycles. The molecule has 2 heterocycles. The van der Waals surface area contributed by atoms with Crippen molar-refractivity contribution in [3.8, 4) is 0 Å². The molecular formula is C14H17N3. The van der Waals surface area contributed by atoms with E-state index in [4.69, 9.17) is 5.73 Å². The minimum Gasteiger partial charge on any atom is -0.397 e. The molecular weight excluding hydrogens is 210 g/mol. The van der Waals surface area contributed by atoms with Gasteiger partial charge in [-0.3, -0.25) is 0 Å². The first-order valence-corrected chi connectivity index (χ1v) is 6.03. The molecule has 1 saturated carbocycles. The van der Waals surface area contributed by atoms with Gasteiger partial charge in [-0.15, -0.1) is 0 Å². The fourth-order valence-electron chi connectivity index (χ4n) is 2.69. The van der Waals surface area contributed by atoms with E-state index in [9.17, 15) is 0 Å². The molecule has 0 radical (unpaired) electrons. The minimum absolute atomic E-state index is 0.505. The van der Waals surface area contributed by atoms with Crippen molar-refractivity contribution in [1.29, 1.82) is 0 Å². The third-order valence-corrected chi connectivity index (χ3v) is 3.63. The summed E-state index contributed by atoms with van der Waals surface area (Å²) in [6, 6.07) is 2.54. The molecule has 2 N–H and O–H groups in total. The fraction of sp³-hybridized carbons (Fsp3) is 0.357. The van der Waals surface area contributed by atoms with Gasteiger partial charge < -0.3 is 10.6 Å². The molecule has 1 aromatic rings. The van der Waals surface area contributed by atoms with E-state index in [0.717, 1.165) is 37.2 Å². The Morgan fingerprint density at radius 3 is 2.76 bits per heavy atom. The Morgan fingerprint density at radius 2 is 2.06 bits per heavy atom. The van der Waals surface area contributed by atoms with Crippen molar-refractivity contribution in [1.82, 2.24) is 4.98 Å². The van der Waals surface area contributed by atoms with Gasteiger partial charge in [0.1, 0.15) is 5.82 Å². The number of rotatable bonds is 1. The van der Waals surface area contributed by atoms with Gasteiger partial charge in [-0.2, -0.15) is 0 Å². The van der Waals surface area contributed by atoms with Crippen molar-refractivity contribution in [2.24, 2.45) is 0 Å². The van der Waals surface area contributed by atoms with Crippen molar-refractivity contribution in [2.75, 3.05) is 10.6 Å². The third-order valence-electron chi connectivity index (χ3n) is 3.63. The molecule has 0 bridgehead atoms. The normalized spacial score (nSPS) is 20.1. The summed E-state index contributed by atoms with van der Waals surface area (Å²) >= 11 is 0. The number of nitrogen functional groups attached to an aromatic ring is 1. The second-order valence-corrected chi connectivity index (χ2v) is 5.00. The van der Waals surface area contributed by atoms with E-state index in [2.05, 4.69) is 23.0 Å². The number of hydrogen-bond donors (Lipinski definition) is 1. The summed E-state index contributed by atoms with van der Waals surface area (Å²) in [5, 5.41) is 0. The molecule has 0 atom stereocenters. The van der Waals surface area contributed by atoms with Gasteiger partial charge in [0.15, 0.2) is 0 Å². The van der Waals surface area contributed by atoms with Crippen molar-refractivity contribution >= 4 is 11.5 Å². The molecule has 0 saturated heterocycles. The molecule has 2 aliphatic rings. The maximum atomic E-state index is 5.79. The molecule has 1 fully saturated rings. The predicted octanol–water partition coefficient (Wildman–Crippen LogP) is 2.65. The molecule has 88 valence electrons. The van der Waals surface area contributed by atoms with Crippen LogP contribution in [0.25, 0.3) is 0 Å². The first-order valence-electron chi connectivity index (χ1n) is 6.03. The van der Waals surface area contributed by atoms with E-state index in [1.165, 1.54) is 16.8 Å². The highest BCUT2D eigenvalue weighted by molar-refractivity contribution is 5.60. The molecule has 3 rings (SSSR count). The van der Waals surface area contributed by atoms with Gasteiger partial charge in [0, 0.05) is 11.7 Å². The molecule has 1 aliphatic carbocycles. The smallest absolute Gasteiger partial charge is 0.136 e. The number of aromatic nitrogens is 1. The Balaban J connectivity index is 1.98. The van der Waals surface area contributed by atoms with Gasteiger partial charge in [0.05, 0.1) is 11.9 Å². The van der Waals surface area contributed by atoms with Gasteiger partial charge in [-0.1, -0.05) is 18.7 Å². The number of allylic oxidation sites excluding steroid dienone is 1. The SMILES string of the molecule is C=C1CC(N2C(=C)CCc3cc(N)cnc32)C1. The molecule has 3 heteroatoms. The van der Waals surface area contributed by atoms with Crippen molar-refractivity contribution in [3.63, 3.8) is 0 Å². The van der Waals surface area contributed by atoms with Gasteiger partial charge in [0.25, 0.3) is 0 Å². The summed E-state index contributed by atoms with van der Waals surface area (Å²) in [7, 11) is 0. The zero-order valence-corrected chi connectivity index (χ0v) is 9.95. The molecule has 3 nitrogen and oxygen atoms in total. The van der Waals surface area contributed by atoms with Crippen LogP contribution in [-0.2, 0) is 6.42 Å². The number of fused-ring (bicyclic) bond motifs is 1. The number of anilines is 2. The third kappa shape index (κ3) is 1.62. The van der Waals surface area contributed by atoms with Crippen LogP contribution in [0.5, 0.6) is 0 Å². The van der Waals surface area contributed by atoms with Crippen molar-refractivity contribution in [2.45, 2.75) is 31.7 Å². The van der Waals surface area contributed by atoms with Crippen LogP contribution < -0.4 is 10.6 Å².